The van der Waals surface area contributed by atoms with Crippen molar-refractivity contribution in [2.45, 2.75) is 107 Å². The number of aliphatic hydroxyl groups excluding tert-OH is 1. The van der Waals surface area contributed by atoms with Crippen LogP contribution in [0.25, 0.3) is 0 Å². The molecule has 0 aliphatic carbocycles. The molecule has 0 spiro atoms. The standard InChI is InChI=1S/C56H62O10S/c1-2-67-56-49(57)52(61-36-44-27-15-6-16-28-44)51(48(65-56)40-59-34-42-23-11-4-12-24-42)66-55-54(63-38-46-31-19-8-20-32-46)53(62-37-45-29-17-7-18-30-45)50(60-35-43-25-13-5-14-26-43)47(64-55)39-58-33-41-21-9-3-10-22-41/h3-32,47-57H,2,33-40H2,1H3/t47-,48-,49-,50+,51-,52-,53+,54-,55+,56+/m1/s1. The monoisotopic (exact) mass is 926 g/mol. The fourth-order valence-electron chi connectivity index (χ4n) is 8.33. The number of aliphatic hydroxyl groups is 1. The van der Waals surface area contributed by atoms with Gasteiger partial charge >= 0.3 is 0 Å². The third-order valence-corrected chi connectivity index (χ3v) is 12.8. The normalized spacial score (nSPS) is 25.2. The second-order valence-corrected chi connectivity index (χ2v) is 18.1. The third kappa shape index (κ3) is 14.4. The number of hydrogen-bond donors (Lipinski definition) is 1. The highest BCUT2D eigenvalue weighted by atomic mass is 32.2. The van der Waals surface area contributed by atoms with E-state index in [1.807, 2.05) is 189 Å². The number of hydrogen-bond acceptors (Lipinski definition) is 11. The van der Waals surface area contributed by atoms with Gasteiger partial charge in [0, 0.05) is 0 Å². The van der Waals surface area contributed by atoms with Crippen LogP contribution in [-0.4, -0.2) is 84.6 Å². The minimum atomic E-state index is -1.08. The van der Waals surface area contributed by atoms with Crippen LogP contribution in [-0.2, 0) is 82.3 Å². The van der Waals surface area contributed by atoms with Gasteiger partial charge in [-0.25, -0.2) is 0 Å². The van der Waals surface area contributed by atoms with Gasteiger partial charge in [0.05, 0.1) is 52.9 Å². The molecule has 67 heavy (non-hydrogen) atoms. The van der Waals surface area contributed by atoms with Crippen LogP contribution in [0.4, 0.5) is 0 Å². The minimum Gasteiger partial charge on any atom is -0.387 e. The highest BCUT2D eigenvalue weighted by Gasteiger charge is 2.54. The van der Waals surface area contributed by atoms with Gasteiger partial charge in [0.2, 0.25) is 0 Å². The van der Waals surface area contributed by atoms with Crippen LogP contribution in [0.2, 0.25) is 0 Å². The number of thioether (sulfide) groups is 1. The van der Waals surface area contributed by atoms with Crippen molar-refractivity contribution in [1.29, 1.82) is 0 Å². The lowest BCUT2D eigenvalue weighted by Gasteiger charge is -2.49. The molecule has 0 unspecified atom stereocenters. The first-order valence-electron chi connectivity index (χ1n) is 23.2. The molecule has 0 aromatic heterocycles. The van der Waals surface area contributed by atoms with Crippen molar-refractivity contribution >= 4 is 11.8 Å². The Bertz CT molecular complexity index is 2250. The summed E-state index contributed by atoms with van der Waals surface area (Å²) in [5.41, 5.74) is 5.35. The molecule has 0 bridgehead atoms. The third-order valence-electron chi connectivity index (χ3n) is 11.8. The van der Waals surface area contributed by atoms with Crippen molar-refractivity contribution < 1.29 is 47.7 Å². The van der Waals surface area contributed by atoms with Gasteiger partial charge < -0.3 is 47.7 Å². The number of benzene rings is 6. The lowest BCUT2D eigenvalue weighted by Crippen LogP contribution is -2.65. The molecule has 10 nitrogen and oxygen atoms in total. The summed E-state index contributed by atoms with van der Waals surface area (Å²) in [7, 11) is 0. The Kier molecular flexibility index (Phi) is 19.0. The van der Waals surface area contributed by atoms with Gasteiger partial charge in [-0.2, -0.15) is 0 Å². The van der Waals surface area contributed by atoms with E-state index in [-0.39, 0.29) is 33.0 Å². The maximum Gasteiger partial charge on any atom is 0.187 e. The zero-order chi connectivity index (χ0) is 45.9. The quantitative estimate of drug-likeness (QED) is 0.0628. The molecule has 0 amide bonds. The molecule has 352 valence electrons. The van der Waals surface area contributed by atoms with Crippen molar-refractivity contribution in [3.05, 3.63) is 215 Å². The van der Waals surface area contributed by atoms with Crippen molar-refractivity contribution in [3.8, 4) is 0 Å². The predicted octanol–water partition coefficient (Wildman–Crippen LogP) is 9.71. The maximum absolute atomic E-state index is 12.2. The zero-order valence-corrected chi connectivity index (χ0v) is 38.8. The summed E-state index contributed by atoms with van der Waals surface area (Å²) >= 11 is 1.52. The molecule has 2 aliphatic rings. The van der Waals surface area contributed by atoms with E-state index < -0.39 is 60.6 Å². The topological polar surface area (TPSA) is 103 Å². The first-order valence-corrected chi connectivity index (χ1v) is 24.3. The average Bonchev–Trinajstić information content (AvgIpc) is 3.38. The van der Waals surface area contributed by atoms with Gasteiger partial charge in [-0.05, 0) is 39.1 Å². The second kappa shape index (κ2) is 26.1. The average molecular weight is 927 g/mol. The van der Waals surface area contributed by atoms with Crippen LogP contribution in [0.3, 0.4) is 0 Å². The van der Waals surface area contributed by atoms with E-state index in [0.717, 1.165) is 33.4 Å². The first kappa shape index (κ1) is 48.7. The van der Waals surface area contributed by atoms with Gasteiger partial charge in [0.15, 0.2) is 6.29 Å². The molecular formula is C56H62O10S. The summed E-state index contributed by atoms with van der Waals surface area (Å²) in [4.78, 5) is 0. The molecule has 11 heteroatoms. The molecule has 10 atom stereocenters. The SMILES string of the molecule is CCS[C@@H]1O[C@H](COCc2ccccc2)[C@@H](O[C@@H]2O[C@H](COCc3ccccc3)[C@H](OCc3ccccc3)[C@H](OCc3ccccc3)[C@H]2OCc2ccccc2)[C@H](OCc2ccccc2)[C@H]1O. The molecule has 6 aromatic carbocycles. The largest absolute Gasteiger partial charge is 0.387 e. The van der Waals surface area contributed by atoms with Gasteiger partial charge in [0.25, 0.3) is 0 Å². The highest BCUT2D eigenvalue weighted by molar-refractivity contribution is 7.99. The summed E-state index contributed by atoms with van der Waals surface area (Å²) in [6.07, 6.45) is -7.52. The van der Waals surface area contributed by atoms with Crippen LogP contribution >= 0.6 is 11.8 Å². The van der Waals surface area contributed by atoms with Crippen molar-refractivity contribution in [1.82, 2.24) is 0 Å². The lowest BCUT2D eigenvalue weighted by atomic mass is 9.96. The predicted molar refractivity (Wildman–Crippen MR) is 259 cm³/mol. The number of ether oxygens (including phenoxy) is 9. The first-order chi connectivity index (χ1) is 33.1. The summed E-state index contributed by atoms with van der Waals surface area (Å²) in [6, 6.07) is 60.1. The van der Waals surface area contributed by atoms with Gasteiger partial charge in [-0.15, -0.1) is 11.8 Å². The zero-order valence-electron chi connectivity index (χ0n) is 38.0. The molecule has 0 saturated carbocycles. The van der Waals surface area contributed by atoms with E-state index in [1.165, 1.54) is 11.8 Å². The van der Waals surface area contributed by atoms with Gasteiger partial charge in [-0.1, -0.05) is 189 Å². The molecule has 2 saturated heterocycles. The molecule has 0 radical (unpaired) electrons. The number of rotatable bonds is 24. The molecule has 2 fully saturated rings. The summed E-state index contributed by atoms with van der Waals surface area (Å²) in [5, 5.41) is 12.2. The smallest absolute Gasteiger partial charge is 0.187 e. The fourth-order valence-corrected chi connectivity index (χ4v) is 9.23. The van der Waals surface area contributed by atoms with E-state index in [9.17, 15) is 5.11 Å². The molecular weight excluding hydrogens is 865 g/mol. The Labute approximate surface area is 399 Å². The summed E-state index contributed by atoms with van der Waals surface area (Å²) in [5.74, 6) is 0.715. The van der Waals surface area contributed by atoms with Crippen LogP contribution in [0.15, 0.2) is 182 Å². The van der Waals surface area contributed by atoms with E-state index in [4.69, 9.17) is 42.6 Å². The van der Waals surface area contributed by atoms with Gasteiger partial charge in [-0.3, -0.25) is 0 Å². The van der Waals surface area contributed by atoms with E-state index in [2.05, 4.69) is 0 Å². The molecule has 2 heterocycles. The Morgan fingerprint density at radius 2 is 0.746 bits per heavy atom. The van der Waals surface area contributed by atoms with Crippen molar-refractivity contribution in [2.75, 3.05) is 19.0 Å². The molecule has 8 rings (SSSR count). The van der Waals surface area contributed by atoms with Crippen LogP contribution in [0, 0.1) is 0 Å². The lowest BCUT2D eigenvalue weighted by molar-refractivity contribution is -0.358. The molecule has 6 aromatic rings. The minimum absolute atomic E-state index is 0.154. The Morgan fingerprint density at radius 1 is 0.403 bits per heavy atom. The van der Waals surface area contributed by atoms with Gasteiger partial charge in [0.1, 0.15) is 54.3 Å². The maximum atomic E-state index is 12.2. The van der Waals surface area contributed by atoms with E-state index in [0.29, 0.717) is 25.6 Å². The Hall–Kier alpha value is -4.73. The summed E-state index contributed by atoms with van der Waals surface area (Å²) < 4.78 is 61.7. The van der Waals surface area contributed by atoms with Crippen LogP contribution in [0.5, 0.6) is 0 Å². The second-order valence-electron chi connectivity index (χ2n) is 16.7. The molecule has 2 aliphatic heterocycles. The van der Waals surface area contributed by atoms with Crippen molar-refractivity contribution in [2.24, 2.45) is 0 Å². The van der Waals surface area contributed by atoms with Crippen LogP contribution < -0.4 is 0 Å². The summed E-state index contributed by atoms with van der Waals surface area (Å²) in [6.45, 7) is 4.09. The molecule has 1 N–H and O–H groups in total. The van der Waals surface area contributed by atoms with E-state index >= 15 is 0 Å². The van der Waals surface area contributed by atoms with Crippen molar-refractivity contribution in [3.63, 3.8) is 0 Å². The van der Waals surface area contributed by atoms with Crippen LogP contribution in [0.1, 0.15) is 40.3 Å². The van der Waals surface area contributed by atoms with E-state index in [1.54, 1.807) is 0 Å². The fraction of sp³-hybridized carbons (Fsp3) is 0.357. The Morgan fingerprint density at radius 3 is 1.15 bits per heavy atom. The Balaban J connectivity index is 1.16. The highest BCUT2D eigenvalue weighted by Crippen LogP contribution is 2.37.